The van der Waals surface area contributed by atoms with Crippen molar-refractivity contribution >= 4 is 5.97 Å². The fraction of sp³-hybridized carbons (Fsp3) is 0.643. The third kappa shape index (κ3) is 5.02. The highest BCUT2D eigenvalue weighted by Crippen LogP contribution is 2.23. The maximum atomic E-state index is 10.7. The monoisotopic (exact) mass is 220 g/mol. The van der Waals surface area contributed by atoms with Crippen molar-refractivity contribution in [3.05, 3.63) is 11.6 Å². The highest BCUT2D eigenvalue weighted by molar-refractivity contribution is 5.66. The Hall–Kier alpha value is -1.23. The topological polar surface area (TPSA) is 26.3 Å². The molecule has 0 aliphatic heterocycles. The van der Waals surface area contributed by atoms with Crippen LogP contribution >= 0.6 is 0 Å². The summed E-state index contributed by atoms with van der Waals surface area (Å²) in [6.07, 6.45) is 15.3. The molecule has 2 nitrogen and oxygen atoms in total. The Balaban J connectivity index is 2.27. The molecule has 1 aliphatic rings. The standard InChI is InChI=1S/C14H20O2/c1-3-14(16-12(2)15)11-7-10-13-8-5-4-6-9-13/h1,10,14H,4-9,11H2,2H3. The van der Waals surface area contributed by atoms with Gasteiger partial charge in [0.05, 0.1) is 0 Å². The van der Waals surface area contributed by atoms with Crippen LogP contribution in [0.15, 0.2) is 11.6 Å². The Morgan fingerprint density at radius 1 is 1.50 bits per heavy atom. The second-order valence-corrected chi connectivity index (χ2v) is 4.27. The molecule has 1 fully saturated rings. The van der Waals surface area contributed by atoms with Crippen LogP contribution in [0.4, 0.5) is 0 Å². The van der Waals surface area contributed by atoms with Gasteiger partial charge in [0.15, 0.2) is 6.10 Å². The summed E-state index contributed by atoms with van der Waals surface area (Å²) in [6.45, 7) is 1.39. The molecular formula is C14H20O2. The largest absolute Gasteiger partial charge is 0.449 e. The number of esters is 1. The van der Waals surface area contributed by atoms with Crippen LogP contribution in [0, 0.1) is 12.3 Å². The number of allylic oxidation sites excluding steroid dienone is 2. The lowest BCUT2D eigenvalue weighted by molar-refractivity contribution is -0.143. The fourth-order valence-electron chi connectivity index (χ4n) is 2.03. The van der Waals surface area contributed by atoms with E-state index in [1.807, 2.05) is 0 Å². The summed E-state index contributed by atoms with van der Waals surface area (Å²) in [4.78, 5) is 10.7. The molecular weight excluding hydrogens is 200 g/mol. The third-order valence-electron chi connectivity index (χ3n) is 2.85. The van der Waals surface area contributed by atoms with Gasteiger partial charge in [-0.3, -0.25) is 4.79 Å². The van der Waals surface area contributed by atoms with Crippen molar-refractivity contribution < 1.29 is 9.53 Å². The summed E-state index contributed by atoms with van der Waals surface area (Å²) in [5.41, 5.74) is 1.55. The van der Waals surface area contributed by atoms with Gasteiger partial charge in [-0.15, -0.1) is 6.42 Å². The highest BCUT2D eigenvalue weighted by atomic mass is 16.5. The third-order valence-corrected chi connectivity index (χ3v) is 2.85. The molecule has 0 amide bonds. The maximum absolute atomic E-state index is 10.7. The molecule has 0 saturated heterocycles. The number of hydrogen-bond acceptors (Lipinski definition) is 2. The van der Waals surface area contributed by atoms with Gasteiger partial charge in [-0.2, -0.15) is 0 Å². The number of terminal acetylenes is 1. The van der Waals surface area contributed by atoms with Crippen molar-refractivity contribution in [1.82, 2.24) is 0 Å². The molecule has 0 N–H and O–H groups in total. The predicted molar refractivity (Wildman–Crippen MR) is 64.8 cm³/mol. The Labute approximate surface area is 98.1 Å². The van der Waals surface area contributed by atoms with Crippen molar-refractivity contribution in [2.45, 2.75) is 58.0 Å². The summed E-state index contributed by atoms with van der Waals surface area (Å²) in [5, 5.41) is 0. The van der Waals surface area contributed by atoms with Crippen LogP contribution in [0.5, 0.6) is 0 Å². The zero-order chi connectivity index (χ0) is 11.8. The van der Waals surface area contributed by atoms with E-state index in [4.69, 9.17) is 11.2 Å². The van der Waals surface area contributed by atoms with Crippen LogP contribution in [0.3, 0.4) is 0 Å². The fourth-order valence-corrected chi connectivity index (χ4v) is 2.03. The molecule has 1 saturated carbocycles. The number of ether oxygens (including phenoxy) is 1. The number of rotatable bonds is 4. The number of hydrogen-bond donors (Lipinski definition) is 0. The van der Waals surface area contributed by atoms with E-state index in [-0.39, 0.29) is 12.1 Å². The Bertz CT molecular complexity index is 288. The molecule has 1 atom stereocenters. The van der Waals surface area contributed by atoms with Gasteiger partial charge in [0, 0.05) is 6.92 Å². The molecule has 0 aromatic heterocycles. The first kappa shape index (κ1) is 12.8. The lowest BCUT2D eigenvalue weighted by Crippen LogP contribution is -2.13. The summed E-state index contributed by atoms with van der Waals surface area (Å²) in [7, 11) is 0. The van der Waals surface area contributed by atoms with Crippen molar-refractivity contribution in [3.8, 4) is 12.3 Å². The molecule has 88 valence electrons. The van der Waals surface area contributed by atoms with Gasteiger partial charge < -0.3 is 4.74 Å². The Kier molecular flexibility index (Phi) is 5.71. The first-order chi connectivity index (χ1) is 7.72. The first-order valence-corrected chi connectivity index (χ1v) is 6.03. The van der Waals surface area contributed by atoms with Gasteiger partial charge in [0.2, 0.25) is 0 Å². The molecule has 0 spiro atoms. The van der Waals surface area contributed by atoms with E-state index in [9.17, 15) is 4.79 Å². The van der Waals surface area contributed by atoms with Gasteiger partial charge in [0.25, 0.3) is 0 Å². The van der Waals surface area contributed by atoms with Crippen LogP contribution in [0.25, 0.3) is 0 Å². The van der Waals surface area contributed by atoms with E-state index in [1.54, 1.807) is 5.57 Å². The first-order valence-electron chi connectivity index (χ1n) is 6.03. The minimum absolute atomic E-state index is 0.298. The molecule has 0 bridgehead atoms. The minimum atomic E-state index is -0.363. The molecule has 0 radical (unpaired) electrons. The van der Waals surface area contributed by atoms with Crippen molar-refractivity contribution in [2.24, 2.45) is 0 Å². The molecule has 0 aromatic rings. The zero-order valence-electron chi connectivity index (χ0n) is 10.00. The van der Waals surface area contributed by atoms with E-state index in [0.29, 0.717) is 0 Å². The summed E-state index contributed by atoms with van der Waals surface area (Å²) in [5.74, 6) is 2.20. The van der Waals surface area contributed by atoms with Gasteiger partial charge in [-0.1, -0.05) is 24.0 Å². The molecule has 16 heavy (non-hydrogen) atoms. The highest BCUT2D eigenvalue weighted by Gasteiger charge is 2.08. The lowest BCUT2D eigenvalue weighted by Gasteiger charge is -2.14. The minimum Gasteiger partial charge on any atom is -0.449 e. The van der Waals surface area contributed by atoms with Gasteiger partial charge >= 0.3 is 5.97 Å². The van der Waals surface area contributed by atoms with E-state index in [2.05, 4.69) is 12.0 Å². The van der Waals surface area contributed by atoms with Crippen molar-refractivity contribution in [3.63, 3.8) is 0 Å². The van der Waals surface area contributed by atoms with Gasteiger partial charge in [0.1, 0.15) is 0 Å². The quantitative estimate of drug-likeness (QED) is 0.413. The molecule has 1 rings (SSSR count). The van der Waals surface area contributed by atoms with Crippen LogP contribution in [0.2, 0.25) is 0 Å². The van der Waals surface area contributed by atoms with Crippen LogP contribution in [0.1, 0.15) is 51.9 Å². The average Bonchev–Trinajstić information content (AvgIpc) is 2.28. The van der Waals surface area contributed by atoms with E-state index in [1.165, 1.54) is 39.0 Å². The normalized spacial score (nSPS) is 17.4. The molecule has 1 unspecified atom stereocenters. The predicted octanol–water partition coefficient (Wildman–Crippen LogP) is 3.22. The molecule has 0 aromatic carbocycles. The summed E-state index contributed by atoms with van der Waals surface area (Å²) < 4.78 is 4.98. The zero-order valence-corrected chi connectivity index (χ0v) is 10.00. The van der Waals surface area contributed by atoms with Crippen molar-refractivity contribution in [2.75, 3.05) is 0 Å². The van der Waals surface area contributed by atoms with Crippen LogP contribution in [-0.2, 0) is 9.53 Å². The molecule has 0 heterocycles. The second-order valence-electron chi connectivity index (χ2n) is 4.27. The average molecular weight is 220 g/mol. The summed E-state index contributed by atoms with van der Waals surface area (Å²) in [6, 6.07) is 0. The van der Waals surface area contributed by atoms with Crippen molar-refractivity contribution in [1.29, 1.82) is 0 Å². The van der Waals surface area contributed by atoms with Crippen LogP contribution < -0.4 is 0 Å². The number of carbonyl (C=O) groups excluding carboxylic acids is 1. The molecule has 1 aliphatic carbocycles. The Morgan fingerprint density at radius 2 is 2.19 bits per heavy atom. The van der Waals surface area contributed by atoms with Gasteiger partial charge in [-0.05, 0) is 38.5 Å². The smallest absolute Gasteiger partial charge is 0.303 e. The number of carbonyl (C=O) groups is 1. The van der Waals surface area contributed by atoms with Gasteiger partial charge in [-0.25, -0.2) is 0 Å². The molecule has 2 heteroatoms. The van der Waals surface area contributed by atoms with Crippen LogP contribution in [-0.4, -0.2) is 12.1 Å². The van der Waals surface area contributed by atoms with E-state index >= 15 is 0 Å². The summed E-state index contributed by atoms with van der Waals surface area (Å²) >= 11 is 0. The lowest BCUT2D eigenvalue weighted by atomic mass is 9.94. The Morgan fingerprint density at radius 3 is 2.75 bits per heavy atom. The van der Waals surface area contributed by atoms with E-state index in [0.717, 1.165) is 12.8 Å². The second kappa shape index (κ2) is 7.11. The SMILES string of the molecule is C#CC(CCC=C1CCCCC1)OC(C)=O. The van der Waals surface area contributed by atoms with E-state index < -0.39 is 0 Å². The maximum Gasteiger partial charge on any atom is 0.303 e.